The molecule has 1 amide bonds. The number of H-pyrrole nitrogens is 1. The van der Waals surface area contributed by atoms with E-state index in [0.717, 1.165) is 4.57 Å². The molecule has 0 bridgehead atoms. The molecule has 1 aromatic carbocycles. The van der Waals surface area contributed by atoms with E-state index in [0.29, 0.717) is 30.3 Å². The van der Waals surface area contributed by atoms with Crippen LogP contribution in [0.3, 0.4) is 0 Å². The molecule has 2 aromatic rings. The van der Waals surface area contributed by atoms with Gasteiger partial charge in [-0.05, 0) is 31.9 Å². The third-order valence-electron chi connectivity index (χ3n) is 4.40. The van der Waals surface area contributed by atoms with Crippen molar-refractivity contribution in [1.82, 2.24) is 14.5 Å². The van der Waals surface area contributed by atoms with E-state index >= 15 is 0 Å². The van der Waals surface area contributed by atoms with Crippen LogP contribution in [0.4, 0.5) is 0 Å². The van der Waals surface area contributed by atoms with E-state index < -0.39 is 35.2 Å². The number of aromatic amines is 1. The number of benzene rings is 1. The summed E-state index contributed by atoms with van der Waals surface area (Å²) in [6.07, 6.45) is 0.954. The molecule has 1 aliphatic heterocycles. The minimum Gasteiger partial charge on any atom is -0.480 e. The van der Waals surface area contributed by atoms with Gasteiger partial charge >= 0.3 is 11.7 Å². The highest BCUT2D eigenvalue weighted by molar-refractivity contribution is 5.86. The topological polar surface area (TPSA) is 112 Å². The van der Waals surface area contributed by atoms with E-state index in [9.17, 15) is 24.3 Å². The van der Waals surface area contributed by atoms with Gasteiger partial charge in [-0.3, -0.25) is 9.59 Å². The van der Waals surface area contributed by atoms with Gasteiger partial charge in [0.25, 0.3) is 5.56 Å². The molecule has 126 valence electrons. The van der Waals surface area contributed by atoms with Crippen LogP contribution in [-0.4, -0.2) is 44.0 Å². The van der Waals surface area contributed by atoms with E-state index in [4.69, 9.17) is 0 Å². The number of amides is 1. The Hall–Kier alpha value is -2.90. The minimum atomic E-state index is -1.08. The maximum absolute atomic E-state index is 12.7. The molecule has 0 saturated carbocycles. The van der Waals surface area contributed by atoms with E-state index in [-0.39, 0.29) is 0 Å². The van der Waals surface area contributed by atoms with Gasteiger partial charge in [0.2, 0.25) is 5.91 Å². The quantitative estimate of drug-likeness (QED) is 0.841. The molecule has 0 aliphatic carbocycles. The zero-order valence-electron chi connectivity index (χ0n) is 13.1. The number of nitrogens with one attached hydrogen (secondary N) is 1. The molecule has 0 radical (unpaired) electrons. The summed E-state index contributed by atoms with van der Waals surface area (Å²) in [4.78, 5) is 52.5. The van der Waals surface area contributed by atoms with Crippen molar-refractivity contribution < 1.29 is 14.7 Å². The van der Waals surface area contributed by atoms with Gasteiger partial charge in [0, 0.05) is 6.54 Å². The molecule has 3 rings (SSSR count). The third kappa shape index (κ3) is 2.49. The van der Waals surface area contributed by atoms with Gasteiger partial charge in [-0.2, -0.15) is 0 Å². The molecule has 2 atom stereocenters. The van der Waals surface area contributed by atoms with Crippen molar-refractivity contribution in [2.45, 2.75) is 31.8 Å². The largest absolute Gasteiger partial charge is 0.480 e. The fraction of sp³-hybridized carbons (Fsp3) is 0.375. The van der Waals surface area contributed by atoms with E-state index in [1.807, 2.05) is 0 Å². The Bertz CT molecular complexity index is 929. The van der Waals surface area contributed by atoms with Crippen molar-refractivity contribution in [3.05, 3.63) is 45.1 Å². The van der Waals surface area contributed by atoms with Crippen LogP contribution < -0.4 is 11.2 Å². The molecule has 8 nitrogen and oxygen atoms in total. The molecule has 2 unspecified atom stereocenters. The van der Waals surface area contributed by atoms with Gasteiger partial charge in [0.05, 0.1) is 10.9 Å². The summed E-state index contributed by atoms with van der Waals surface area (Å²) in [6.45, 7) is 1.74. The first-order valence-electron chi connectivity index (χ1n) is 7.68. The number of rotatable bonds is 3. The van der Waals surface area contributed by atoms with Gasteiger partial charge < -0.3 is 15.0 Å². The highest BCUT2D eigenvalue weighted by atomic mass is 16.4. The molecule has 1 fully saturated rings. The average molecular weight is 331 g/mol. The number of hydrogen-bond acceptors (Lipinski definition) is 4. The number of carboxylic acid groups (broad SMARTS) is 1. The standard InChI is InChI=1S/C16H17N3O5/c1-9(13(20)18-8-4-7-12(18)15(22)23)19-14(21)10-5-2-3-6-11(10)17-16(19)24/h2-3,5-6,9,12H,4,7-8H2,1H3,(H,17,24)(H,22,23). The van der Waals surface area contributed by atoms with Crippen LogP contribution in [0.1, 0.15) is 25.8 Å². The first-order chi connectivity index (χ1) is 11.4. The molecule has 1 aliphatic rings. The monoisotopic (exact) mass is 331 g/mol. The van der Waals surface area contributed by atoms with Crippen LogP contribution >= 0.6 is 0 Å². The van der Waals surface area contributed by atoms with Gasteiger partial charge in [-0.25, -0.2) is 14.2 Å². The zero-order chi connectivity index (χ0) is 17.4. The maximum Gasteiger partial charge on any atom is 0.329 e. The van der Waals surface area contributed by atoms with Crippen molar-refractivity contribution in [2.75, 3.05) is 6.54 Å². The highest BCUT2D eigenvalue weighted by Gasteiger charge is 2.37. The summed E-state index contributed by atoms with van der Waals surface area (Å²) in [7, 11) is 0. The third-order valence-corrected chi connectivity index (χ3v) is 4.40. The average Bonchev–Trinajstić information content (AvgIpc) is 3.03. The summed E-state index contributed by atoms with van der Waals surface area (Å²) in [6, 6.07) is 4.55. The van der Waals surface area contributed by atoms with Crippen molar-refractivity contribution in [1.29, 1.82) is 0 Å². The number of hydrogen-bond donors (Lipinski definition) is 2. The molecule has 0 spiro atoms. The predicted octanol–water partition coefficient (Wildman–Crippen LogP) is 0.326. The lowest BCUT2D eigenvalue weighted by Crippen LogP contribution is -2.48. The normalized spacial score (nSPS) is 18.7. The molecule has 1 saturated heterocycles. The second-order valence-electron chi connectivity index (χ2n) is 5.85. The van der Waals surface area contributed by atoms with Crippen LogP contribution in [0.15, 0.2) is 33.9 Å². The van der Waals surface area contributed by atoms with Crippen molar-refractivity contribution in [3.8, 4) is 0 Å². The van der Waals surface area contributed by atoms with Gasteiger partial charge in [-0.1, -0.05) is 12.1 Å². The van der Waals surface area contributed by atoms with Crippen LogP contribution in [-0.2, 0) is 9.59 Å². The minimum absolute atomic E-state index is 0.299. The van der Waals surface area contributed by atoms with E-state index in [1.165, 1.54) is 11.8 Å². The Morgan fingerprint density at radius 1 is 1.29 bits per heavy atom. The smallest absolute Gasteiger partial charge is 0.329 e. The van der Waals surface area contributed by atoms with Crippen molar-refractivity contribution in [2.24, 2.45) is 0 Å². The fourth-order valence-corrected chi connectivity index (χ4v) is 3.17. The molecule has 1 aromatic heterocycles. The Kier molecular flexibility index (Phi) is 3.96. The Balaban J connectivity index is 2.04. The lowest BCUT2D eigenvalue weighted by molar-refractivity contribution is -0.149. The zero-order valence-corrected chi connectivity index (χ0v) is 13.1. The summed E-state index contributed by atoms with van der Waals surface area (Å²) in [5.41, 5.74) is -0.861. The number of likely N-dealkylation sites (tertiary alicyclic amines) is 1. The Morgan fingerprint density at radius 3 is 2.71 bits per heavy atom. The number of nitrogens with zero attached hydrogens (tertiary/aromatic N) is 2. The lowest BCUT2D eigenvalue weighted by Gasteiger charge is -2.25. The van der Waals surface area contributed by atoms with Gasteiger partial charge in [0.15, 0.2) is 0 Å². The fourth-order valence-electron chi connectivity index (χ4n) is 3.17. The second-order valence-corrected chi connectivity index (χ2v) is 5.85. The first-order valence-corrected chi connectivity index (χ1v) is 7.68. The highest BCUT2D eigenvalue weighted by Crippen LogP contribution is 2.21. The molecule has 8 heteroatoms. The molecule has 2 N–H and O–H groups in total. The Labute approximate surface area is 136 Å². The molecule has 24 heavy (non-hydrogen) atoms. The summed E-state index contributed by atoms with van der Waals surface area (Å²) in [5, 5.41) is 9.50. The number of aromatic nitrogens is 2. The van der Waals surface area contributed by atoms with Crippen molar-refractivity contribution in [3.63, 3.8) is 0 Å². The number of aliphatic carboxylic acids is 1. The molecular weight excluding hydrogens is 314 g/mol. The van der Waals surface area contributed by atoms with Gasteiger partial charge in [-0.15, -0.1) is 0 Å². The predicted molar refractivity (Wildman–Crippen MR) is 85.9 cm³/mol. The van der Waals surface area contributed by atoms with E-state index in [1.54, 1.807) is 24.3 Å². The SMILES string of the molecule is CC(C(=O)N1CCCC1C(=O)O)n1c(=O)[nH]c2ccccc2c1=O. The number of carbonyl (C=O) groups excluding carboxylic acids is 1. The number of carbonyl (C=O) groups is 2. The van der Waals surface area contributed by atoms with Crippen LogP contribution in [0.25, 0.3) is 10.9 Å². The molecular formula is C16H17N3O5. The maximum atomic E-state index is 12.7. The number of fused-ring (bicyclic) bond motifs is 1. The van der Waals surface area contributed by atoms with Crippen LogP contribution in [0.2, 0.25) is 0 Å². The van der Waals surface area contributed by atoms with E-state index in [2.05, 4.69) is 4.98 Å². The summed E-state index contributed by atoms with van der Waals surface area (Å²) < 4.78 is 0.849. The second kappa shape index (κ2) is 5.95. The molecule has 2 heterocycles. The first kappa shape index (κ1) is 16.0. The van der Waals surface area contributed by atoms with Gasteiger partial charge in [0.1, 0.15) is 12.1 Å². The summed E-state index contributed by atoms with van der Waals surface area (Å²) >= 11 is 0. The number of carboxylic acids is 1. The lowest BCUT2D eigenvalue weighted by atomic mass is 10.2. The van der Waals surface area contributed by atoms with Crippen LogP contribution in [0.5, 0.6) is 0 Å². The number of para-hydroxylation sites is 1. The summed E-state index contributed by atoms with van der Waals surface area (Å²) in [5.74, 6) is -1.62. The Morgan fingerprint density at radius 2 is 2.00 bits per heavy atom. The van der Waals surface area contributed by atoms with Crippen molar-refractivity contribution >= 4 is 22.8 Å². The van der Waals surface area contributed by atoms with Crippen LogP contribution in [0, 0.1) is 0 Å².